The molecule has 0 heterocycles. The van der Waals surface area contributed by atoms with Gasteiger partial charge in [-0.05, 0) is 31.0 Å². The van der Waals surface area contributed by atoms with Crippen molar-refractivity contribution in [2.45, 2.75) is 12.8 Å². The van der Waals surface area contributed by atoms with Crippen LogP contribution < -0.4 is 16.4 Å². The van der Waals surface area contributed by atoms with Gasteiger partial charge in [-0.3, -0.25) is 9.59 Å². The van der Waals surface area contributed by atoms with E-state index in [1.807, 2.05) is 0 Å². The molecule has 1 aromatic carbocycles. The van der Waals surface area contributed by atoms with Gasteiger partial charge < -0.3 is 16.4 Å². The number of rotatable bonds is 4. The molecule has 1 aliphatic rings. The standard InChI is InChI=1S/C12H14ClN3O2/c13-8-3-4-9(16-12(18)7-1-2-7)10(5-8)15-11(17)6-14/h3-5,7H,1-2,6,14H2,(H,15,17)(H,16,18). The zero-order valence-electron chi connectivity index (χ0n) is 9.70. The first-order valence-electron chi connectivity index (χ1n) is 5.70. The van der Waals surface area contributed by atoms with E-state index < -0.39 is 0 Å². The number of hydrogen-bond acceptors (Lipinski definition) is 3. The van der Waals surface area contributed by atoms with Gasteiger partial charge in [-0.15, -0.1) is 0 Å². The van der Waals surface area contributed by atoms with E-state index in [0.29, 0.717) is 16.4 Å². The van der Waals surface area contributed by atoms with Gasteiger partial charge in [0, 0.05) is 10.9 Å². The van der Waals surface area contributed by atoms with Crippen LogP contribution in [0.1, 0.15) is 12.8 Å². The Balaban J connectivity index is 2.16. The van der Waals surface area contributed by atoms with E-state index in [1.54, 1.807) is 18.2 Å². The molecule has 2 amide bonds. The third-order valence-corrected chi connectivity index (χ3v) is 2.88. The molecule has 0 saturated heterocycles. The molecule has 0 radical (unpaired) electrons. The summed E-state index contributed by atoms with van der Waals surface area (Å²) in [5.41, 5.74) is 6.24. The summed E-state index contributed by atoms with van der Waals surface area (Å²) in [5.74, 6) is -0.265. The van der Waals surface area contributed by atoms with Crippen molar-refractivity contribution in [3.05, 3.63) is 23.2 Å². The van der Waals surface area contributed by atoms with Gasteiger partial charge in [0.15, 0.2) is 0 Å². The fourth-order valence-corrected chi connectivity index (χ4v) is 1.68. The zero-order valence-corrected chi connectivity index (χ0v) is 10.5. The first-order valence-corrected chi connectivity index (χ1v) is 6.08. The van der Waals surface area contributed by atoms with Crippen LogP contribution in [0.4, 0.5) is 11.4 Å². The van der Waals surface area contributed by atoms with Crippen LogP contribution in [0, 0.1) is 5.92 Å². The Kier molecular flexibility index (Phi) is 3.84. The van der Waals surface area contributed by atoms with E-state index in [1.165, 1.54) is 0 Å². The van der Waals surface area contributed by atoms with Gasteiger partial charge in [0.1, 0.15) is 0 Å². The molecule has 0 spiro atoms. The van der Waals surface area contributed by atoms with Crippen molar-refractivity contribution in [2.75, 3.05) is 17.2 Å². The number of carbonyl (C=O) groups is 2. The number of hydrogen-bond donors (Lipinski definition) is 3. The molecule has 5 nitrogen and oxygen atoms in total. The summed E-state index contributed by atoms with van der Waals surface area (Å²) in [7, 11) is 0. The molecule has 18 heavy (non-hydrogen) atoms. The number of halogens is 1. The fraction of sp³-hybridized carbons (Fsp3) is 0.333. The van der Waals surface area contributed by atoms with Gasteiger partial charge in [0.25, 0.3) is 0 Å². The minimum Gasteiger partial charge on any atom is -0.324 e. The third-order valence-electron chi connectivity index (χ3n) is 2.65. The lowest BCUT2D eigenvalue weighted by Gasteiger charge is -2.12. The maximum atomic E-state index is 11.7. The van der Waals surface area contributed by atoms with Crippen LogP contribution in [0.2, 0.25) is 5.02 Å². The van der Waals surface area contributed by atoms with Crippen LogP contribution in [-0.4, -0.2) is 18.4 Å². The number of amides is 2. The zero-order chi connectivity index (χ0) is 13.1. The number of nitrogens with one attached hydrogen (secondary N) is 2. The molecule has 6 heteroatoms. The maximum absolute atomic E-state index is 11.7. The summed E-state index contributed by atoms with van der Waals surface area (Å²) in [6.07, 6.45) is 1.84. The van der Waals surface area contributed by atoms with Gasteiger partial charge >= 0.3 is 0 Å². The van der Waals surface area contributed by atoms with Crippen LogP contribution in [0.3, 0.4) is 0 Å². The lowest BCUT2D eigenvalue weighted by Crippen LogP contribution is -2.23. The SMILES string of the molecule is NCC(=O)Nc1cc(Cl)ccc1NC(=O)C1CC1. The predicted molar refractivity (Wildman–Crippen MR) is 70.5 cm³/mol. The summed E-state index contributed by atoms with van der Waals surface area (Å²) in [6, 6.07) is 4.90. The smallest absolute Gasteiger partial charge is 0.238 e. The number of anilines is 2. The van der Waals surface area contributed by atoms with Crippen molar-refractivity contribution in [1.82, 2.24) is 0 Å². The van der Waals surface area contributed by atoms with E-state index in [9.17, 15) is 9.59 Å². The Bertz CT molecular complexity index is 486. The van der Waals surface area contributed by atoms with E-state index in [-0.39, 0.29) is 24.3 Å². The van der Waals surface area contributed by atoms with E-state index in [2.05, 4.69) is 10.6 Å². The average molecular weight is 268 g/mol. The minimum atomic E-state index is -0.334. The Morgan fingerprint density at radius 3 is 2.61 bits per heavy atom. The van der Waals surface area contributed by atoms with Crippen LogP contribution in [0.15, 0.2) is 18.2 Å². The largest absolute Gasteiger partial charge is 0.324 e. The number of benzene rings is 1. The second-order valence-electron chi connectivity index (χ2n) is 4.21. The average Bonchev–Trinajstić information content (AvgIpc) is 3.16. The molecular formula is C12H14ClN3O2. The van der Waals surface area contributed by atoms with Gasteiger partial charge in [-0.2, -0.15) is 0 Å². The normalized spacial score (nSPS) is 14.1. The molecule has 96 valence electrons. The van der Waals surface area contributed by atoms with Gasteiger partial charge in [0.05, 0.1) is 17.9 Å². The summed E-state index contributed by atoms with van der Waals surface area (Å²) >= 11 is 5.86. The van der Waals surface area contributed by atoms with E-state index >= 15 is 0 Å². The van der Waals surface area contributed by atoms with Crippen LogP contribution in [0.25, 0.3) is 0 Å². The molecule has 1 fully saturated rings. The Morgan fingerprint density at radius 1 is 1.28 bits per heavy atom. The predicted octanol–water partition coefficient (Wildman–Crippen LogP) is 1.59. The highest BCUT2D eigenvalue weighted by Crippen LogP contribution is 2.32. The molecule has 0 unspecified atom stereocenters. The molecule has 2 rings (SSSR count). The quantitative estimate of drug-likeness (QED) is 0.774. The molecule has 0 atom stereocenters. The summed E-state index contributed by atoms with van der Waals surface area (Å²) in [5, 5.41) is 5.86. The van der Waals surface area contributed by atoms with Crippen molar-refractivity contribution in [3.8, 4) is 0 Å². The summed E-state index contributed by atoms with van der Waals surface area (Å²) in [6.45, 7) is -0.122. The highest BCUT2D eigenvalue weighted by molar-refractivity contribution is 6.31. The number of carbonyl (C=O) groups excluding carboxylic acids is 2. The topological polar surface area (TPSA) is 84.2 Å². The van der Waals surface area contributed by atoms with Crippen molar-refractivity contribution < 1.29 is 9.59 Å². The van der Waals surface area contributed by atoms with Crippen LogP contribution >= 0.6 is 11.6 Å². The second-order valence-corrected chi connectivity index (χ2v) is 4.64. The van der Waals surface area contributed by atoms with Crippen molar-refractivity contribution in [3.63, 3.8) is 0 Å². The molecule has 1 saturated carbocycles. The summed E-state index contributed by atoms with van der Waals surface area (Å²) < 4.78 is 0. The van der Waals surface area contributed by atoms with Crippen LogP contribution in [0.5, 0.6) is 0 Å². The first-order chi connectivity index (χ1) is 8.60. The second kappa shape index (κ2) is 5.37. The fourth-order valence-electron chi connectivity index (χ4n) is 1.51. The van der Waals surface area contributed by atoms with Gasteiger partial charge in [-0.1, -0.05) is 11.6 Å². The molecule has 0 aliphatic heterocycles. The molecule has 4 N–H and O–H groups in total. The summed E-state index contributed by atoms with van der Waals surface area (Å²) in [4.78, 5) is 23.0. The van der Waals surface area contributed by atoms with E-state index in [4.69, 9.17) is 17.3 Å². The first kappa shape index (κ1) is 12.9. The highest BCUT2D eigenvalue weighted by atomic mass is 35.5. The van der Waals surface area contributed by atoms with Crippen LogP contribution in [-0.2, 0) is 9.59 Å². The molecule has 1 aliphatic carbocycles. The van der Waals surface area contributed by atoms with E-state index in [0.717, 1.165) is 12.8 Å². The third kappa shape index (κ3) is 3.21. The van der Waals surface area contributed by atoms with Gasteiger partial charge in [0.2, 0.25) is 11.8 Å². The van der Waals surface area contributed by atoms with Crippen molar-refractivity contribution in [1.29, 1.82) is 0 Å². The monoisotopic (exact) mass is 267 g/mol. The molecule has 0 bridgehead atoms. The minimum absolute atomic E-state index is 0.0273. The van der Waals surface area contributed by atoms with Crippen molar-refractivity contribution in [2.24, 2.45) is 11.7 Å². The molecular weight excluding hydrogens is 254 g/mol. The lowest BCUT2D eigenvalue weighted by atomic mass is 10.2. The maximum Gasteiger partial charge on any atom is 0.238 e. The number of nitrogens with two attached hydrogens (primary N) is 1. The lowest BCUT2D eigenvalue weighted by molar-refractivity contribution is -0.117. The Hall–Kier alpha value is -1.59. The van der Waals surface area contributed by atoms with Gasteiger partial charge in [-0.25, -0.2) is 0 Å². The Labute approximate surface area is 110 Å². The Morgan fingerprint density at radius 2 is 2.00 bits per heavy atom. The highest BCUT2D eigenvalue weighted by Gasteiger charge is 2.30. The van der Waals surface area contributed by atoms with Crippen molar-refractivity contribution >= 4 is 34.8 Å². The molecule has 1 aromatic rings. The molecule has 0 aromatic heterocycles.